The summed E-state index contributed by atoms with van der Waals surface area (Å²) in [5, 5.41) is 5.50. The molecule has 0 atom stereocenters. The van der Waals surface area contributed by atoms with Crippen LogP contribution in [0.3, 0.4) is 0 Å². The van der Waals surface area contributed by atoms with Crippen molar-refractivity contribution in [2.75, 3.05) is 4.90 Å². The van der Waals surface area contributed by atoms with Crippen LogP contribution in [0, 0.1) is 6.92 Å². The number of benzene rings is 2. The van der Waals surface area contributed by atoms with Crippen LogP contribution in [-0.4, -0.2) is 25.5 Å². The van der Waals surface area contributed by atoms with Gasteiger partial charge >= 0.3 is 0 Å². The summed E-state index contributed by atoms with van der Waals surface area (Å²) in [5.74, 6) is 0.196. The Labute approximate surface area is 204 Å². The molecule has 2 aromatic carbocycles. The molecule has 1 N–H and O–H groups in total. The molecule has 9 heteroatoms. The predicted octanol–water partition coefficient (Wildman–Crippen LogP) is 4.88. The van der Waals surface area contributed by atoms with E-state index in [4.69, 9.17) is 11.6 Å². The van der Waals surface area contributed by atoms with E-state index in [9.17, 15) is 9.59 Å². The number of rotatable bonds is 6. The van der Waals surface area contributed by atoms with E-state index in [2.05, 4.69) is 15.1 Å². The summed E-state index contributed by atoms with van der Waals surface area (Å²) in [4.78, 5) is 38.3. The Morgan fingerprint density at radius 2 is 1.82 bits per heavy atom. The topological polar surface area (TPSA) is 83.4 Å². The minimum Gasteiger partial charge on any atom is -0.272 e. The lowest BCUT2D eigenvalue weighted by molar-refractivity contribution is 0.0983. The Hall–Kier alpha value is -3.75. The van der Waals surface area contributed by atoms with Gasteiger partial charge in [-0.3, -0.25) is 19.6 Å². The average Bonchev–Trinajstić information content (AvgIpc) is 3.51. The van der Waals surface area contributed by atoms with Crippen LogP contribution in [0.25, 0.3) is 5.78 Å². The van der Waals surface area contributed by atoms with Crippen molar-refractivity contribution >= 4 is 40.6 Å². The van der Waals surface area contributed by atoms with E-state index in [-0.39, 0.29) is 23.2 Å². The zero-order valence-electron chi connectivity index (χ0n) is 18.2. The largest absolute Gasteiger partial charge is 0.277 e. The Morgan fingerprint density at radius 1 is 1.06 bits per heavy atom. The molecule has 0 radical (unpaired) electrons. The molecule has 0 saturated carbocycles. The van der Waals surface area contributed by atoms with E-state index in [0.29, 0.717) is 34.8 Å². The smallest absolute Gasteiger partial charge is 0.272 e. The Morgan fingerprint density at radius 3 is 2.53 bits per heavy atom. The number of aromatic amines is 1. The first kappa shape index (κ1) is 22.1. The molecule has 5 rings (SSSR count). The van der Waals surface area contributed by atoms with Crippen molar-refractivity contribution in [3.63, 3.8) is 0 Å². The normalized spacial score (nSPS) is 11.1. The second-order valence-electron chi connectivity index (χ2n) is 7.80. The van der Waals surface area contributed by atoms with E-state index in [0.717, 1.165) is 10.4 Å². The molecule has 34 heavy (non-hydrogen) atoms. The van der Waals surface area contributed by atoms with Gasteiger partial charge in [-0.2, -0.15) is 9.50 Å². The lowest BCUT2D eigenvalue weighted by Crippen LogP contribution is -2.31. The Kier molecular flexibility index (Phi) is 6.00. The van der Waals surface area contributed by atoms with Gasteiger partial charge in [0, 0.05) is 27.4 Å². The van der Waals surface area contributed by atoms with Crippen LogP contribution in [0.15, 0.2) is 76.9 Å². The van der Waals surface area contributed by atoms with Crippen LogP contribution >= 0.6 is 22.9 Å². The van der Waals surface area contributed by atoms with Gasteiger partial charge in [0.25, 0.3) is 17.2 Å². The quantitative estimate of drug-likeness (QED) is 0.368. The maximum absolute atomic E-state index is 13.4. The number of aromatic nitrogens is 4. The van der Waals surface area contributed by atoms with Gasteiger partial charge < -0.3 is 0 Å². The standard InChI is InChI=1S/C25H20ClN5O2S/c1-16-21(14-17-6-3-2-4-7-17)23(33)31-24(27-16)28-25(29-31)30(15-20-8-5-13-34-20)22(32)18-9-11-19(26)12-10-18/h2-13H,14-15H2,1H3,(H,27,28,29). The summed E-state index contributed by atoms with van der Waals surface area (Å²) in [6.07, 6.45) is 0.457. The second kappa shape index (κ2) is 9.24. The van der Waals surface area contributed by atoms with E-state index >= 15 is 0 Å². The van der Waals surface area contributed by atoms with Crippen molar-refractivity contribution in [2.45, 2.75) is 19.9 Å². The summed E-state index contributed by atoms with van der Waals surface area (Å²) >= 11 is 7.53. The van der Waals surface area contributed by atoms with Crippen LogP contribution in [0.2, 0.25) is 5.02 Å². The number of fused-ring (bicyclic) bond motifs is 1. The monoisotopic (exact) mass is 489 g/mol. The molecule has 0 fully saturated rings. The number of nitrogens with zero attached hydrogens (tertiary/aromatic N) is 4. The highest BCUT2D eigenvalue weighted by Crippen LogP contribution is 2.21. The fourth-order valence-electron chi connectivity index (χ4n) is 3.72. The van der Waals surface area contributed by atoms with Crippen LogP contribution in [-0.2, 0) is 13.0 Å². The molecule has 0 aliphatic rings. The molecule has 0 aliphatic heterocycles. The molecule has 5 aromatic rings. The highest BCUT2D eigenvalue weighted by molar-refractivity contribution is 7.09. The number of thiophene rings is 1. The highest BCUT2D eigenvalue weighted by Gasteiger charge is 2.23. The van der Waals surface area contributed by atoms with E-state index in [1.165, 1.54) is 20.8 Å². The lowest BCUT2D eigenvalue weighted by Gasteiger charge is -2.19. The molecule has 1 amide bonds. The third kappa shape index (κ3) is 4.37. The molecule has 0 saturated heterocycles. The van der Waals surface area contributed by atoms with Crippen molar-refractivity contribution in [3.8, 4) is 0 Å². The fourth-order valence-corrected chi connectivity index (χ4v) is 4.54. The molecule has 7 nitrogen and oxygen atoms in total. The lowest BCUT2D eigenvalue weighted by atomic mass is 10.1. The number of hydrogen-bond acceptors (Lipinski definition) is 5. The molecular weight excluding hydrogens is 470 g/mol. The number of carbonyl (C=O) groups is 1. The number of carbonyl (C=O) groups excluding carboxylic acids is 1. The van der Waals surface area contributed by atoms with Crippen molar-refractivity contribution in [1.82, 2.24) is 19.6 Å². The third-order valence-corrected chi connectivity index (χ3v) is 6.61. The summed E-state index contributed by atoms with van der Waals surface area (Å²) in [5.41, 5.74) is 2.43. The van der Waals surface area contributed by atoms with Gasteiger partial charge in [0.2, 0.25) is 5.95 Å². The second-order valence-corrected chi connectivity index (χ2v) is 9.27. The molecule has 3 aromatic heterocycles. The van der Waals surface area contributed by atoms with Crippen LogP contribution in [0.1, 0.15) is 32.1 Å². The van der Waals surface area contributed by atoms with E-state index in [1.54, 1.807) is 31.2 Å². The maximum atomic E-state index is 13.4. The van der Waals surface area contributed by atoms with E-state index in [1.807, 2.05) is 47.8 Å². The minimum atomic E-state index is -0.265. The number of anilines is 1. The Bertz CT molecular complexity index is 1510. The number of H-pyrrole nitrogens is 1. The first-order valence-corrected chi connectivity index (χ1v) is 11.9. The minimum absolute atomic E-state index is 0.217. The van der Waals surface area contributed by atoms with Crippen molar-refractivity contribution in [2.24, 2.45) is 0 Å². The maximum Gasteiger partial charge on any atom is 0.277 e. The van der Waals surface area contributed by atoms with Gasteiger partial charge in [-0.05, 0) is 48.2 Å². The number of aryl methyl sites for hydroxylation is 1. The van der Waals surface area contributed by atoms with Crippen molar-refractivity contribution < 1.29 is 4.79 Å². The molecular formula is C25H20ClN5O2S. The zero-order chi connectivity index (χ0) is 23.7. The van der Waals surface area contributed by atoms with Gasteiger partial charge in [-0.15, -0.1) is 11.3 Å². The van der Waals surface area contributed by atoms with Gasteiger partial charge in [0.15, 0.2) is 0 Å². The van der Waals surface area contributed by atoms with Crippen LogP contribution in [0.4, 0.5) is 5.95 Å². The number of amides is 1. The number of nitrogens with one attached hydrogen (secondary N) is 1. The average molecular weight is 490 g/mol. The number of hydrogen-bond donors (Lipinski definition) is 1. The van der Waals surface area contributed by atoms with Gasteiger partial charge in [-0.1, -0.05) is 48.0 Å². The summed E-state index contributed by atoms with van der Waals surface area (Å²) in [6, 6.07) is 20.3. The van der Waals surface area contributed by atoms with E-state index < -0.39 is 0 Å². The van der Waals surface area contributed by atoms with Crippen LogP contribution < -0.4 is 10.5 Å². The molecule has 0 spiro atoms. The summed E-state index contributed by atoms with van der Waals surface area (Å²) in [7, 11) is 0. The third-order valence-electron chi connectivity index (χ3n) is 5.49. The predicted molar refractivity (Wildman–Crippen MR) is 134 cm³/mol. The number of halogens is 1. The highest BCUT2D eigenvalue weighted by atomic mass is 35.5. The molecule has 0 bridgehead atoms. The Balaban J connectivity index is 1.57. The SMILES string of the molecule is Cc1nc2nc(N(Cc3cccs3)C(=O)c3ccc(Cl)cc3)[nH]n2c(=O)c1Cc1ccccc1. The van der Waals surface area contributed by atoms with Crippen molar-refractivity contribution in [3.05, 3.63) is 115 Å². The van der Waals surface area contributed by atoms with Gasteiger partial charge in [0.05, 0.1) is 12.2 Å². The van der Waals surface area contributed by atoms with Crippen LogP contribution in [0.5, 0.6) is 0 Å². The molecule has 3 heterocycles. The molecule has 0 aliphatic carbocycles. The molecule has 170 valence electrons. The zero-order valence-corrected chi connectivity index (χ0v) is 19.8. The first-order chi connectivity index (χ1) is 16.5. The molecule has 0 unspecified atom stereocenters. The summed E-state index contributed by atoms with van der Waals surface area (Å²) in [6.45, 7) is 2.10. The van der Waals surface area contributed by atoms with Gasteiger partial charge in [-0.25, -0.2) is 4.98 Å². The van der Waals surface area contributed by atoms with Gasteiger partial charge in [0.1, 0.15) is 0 Å². The first-order valence-electron chi connectivity index (χ1n) is 10.6. The fraction of sp³-hybridized carbons (Fsp3) is 0.120. The van der Waals surface area contributed by atoms with Crippen molar-refractivity contribution in [1.29, 1.82) is 0 Å². The summed E-state index contributed by atoms with van der Waals surface area (Å²) < 4.78 is 1.30.